The van der Waals surface area contributed by atoms with Crippen molar-refractivity contribution in [1.29, 1.82) is 0 Å². The van der Waals surface area contributed by atoms with Gasteiger partial charge in [-0.25, -0.2) is 4.79 Å². The van der Waals surface area contributed by atoms with Crippen molar-refractivity contribution in [2.24, 2.45) is 0 Å². The number of nitrogens with two attached hydrogens (primary N) is 1. The minimum Gasteiger partial charge on any atom is -0.496 e. The Morgan fingerprint density at radius 3 is 2.69 bits per heavy atom. The van der Waals surface area contributed by atoms with Crippen molar-refractivity contribution in [3.63, 3.8) is 0 Å². The van der Waals surface area contributed by atoms with Gasteiger partial charge >= 0.3 is 12.1 Å². The Morgan fingerprint density at radius 2 is 2.03 bits per heavy atom. The number of H-pyrrole nitrogens is 1. The van der Waals surface area contributed by atoms with Crippen LogP contribution in [-0.2, 0) is 6.54 Å². The van der Waals surface area contributed by atoms with Crippen molar-refractivity contribution in [2.45, 2.75) is 32.1 Å². The zero-order chi connectivity index (χ0) is 25.3. The Hall–Kier alpha value is -3.24. The molecule has 0 amide bonds. The van der Waals surface area contributed by atoms with Crippen LogP contribution >= 0.6 is 0 Å². The van der Waals surface area contributed by atoms with Crippen LogP contribution in [0.2, 0.25) is 0 Å². The molecule has 1 fully saturated rings. The third kappa shape index (κ3) is 5.38. The lowest BCUT2D eigenvalue weighted by Crippen LogP contribution is -2.48. The number of rotatable bonds is 7. The van der Waals surface area contributed by atoms with Crippen LogP contribution in [0, 0.1) is 6.92 Å². The number of methoxy groups -OCH3 is 1. The van der Waals surface area contributed by atoms with E-state index in [-0.39, 0.29) is 23.8 Å². The summed E-state index contributed by atoms with van der Waals surface area (Å²) < 4.78 is 44.3. The van der Waals surface area contributed by atoms with Gasteiger partial charge in [-0.15, -0.1) is 0 Å². The summed E-state index contributed by atoms with van der Waals surface area (Å²) in [6.45, 7) is 3.81. The molecule has 4 rings (SSSR count). The van der Waals surface area contributed by atoms with Crippen molar-refractivity contribution in [2.75, 3.05) is 39.0 Å². The number of aromatic amines is 1. The van der Waals surface area contributed by atoms with Crippen LogP contribution in [0.15, 0.2) is 36.5 Å². The fraction of sp³-hybridized carbons (Fsp3) is 0.400. The minimum atomic E-state index is -4.23. The molecule has 188 valence electrons. The number of carboxylic acid groups (broad SMARTS) is 1. The lowest BCUT2D eigenvalue weighted by molar-refractivity contribution is -0.139. The van der Waals surface area contributed by atoms with E-state index >= 15 is 0 Å². The molecule has 35 heavy (non-hydrogen) atoms. The first-order valence-corrected chi connectivity index (χ1v) is 11.4. The Balaban J connectivity index is 1.68. The number of carboxylic acids is 1. The van der Waals surface area contributed by atoms with Gasteiger partial charge in [-0.2, -0.15) is 13.2 Å². The highest BCUT2D eigenvalue weighted by Gasteiger charge is 2.33. The third-order valence-corrected chi connectivity index (χ3v) is 6.67. The van der Waals surface area contributed by atoms with E-state index in [1.54, 1.807) is 24.1 Å². The number of nitrogens with one attached hydrogen (secondary N) is 1. The van der Waals surface area contributed by atoms with Crippen LogP contribution in [0.4, 0.5) is 18.9 Å². The molecule has 0 bridgehead atoms. The van der Waals surface area contributed by atoms with Crippen molar-refractivity contribution in [1.82, 2.24) is 14.8 Å². The minimum absolute atomic E-state index is 0.000674. The van der Waals surface area contributed by atoms with Crippen molar-refractivity contribution in [3.8, 4) is 5.75 Å². The van der Waals surface area contributed by atoms with Crippen LogP contribution < -0.4 is 10.5 Å². The normalized spacial score (nSPS) is 17.7. The molecule has 10 heteroatoms. The van der Waals surface area contributed by atoms with E-state index in [0.717, 1.165) is 33.3 Å². The number of halogens is 3. The average Bonchev–Trinajstić information content (AvgIpc) is 3.30. The summed E-state index contributed by atoms with van der Waals surface area (Å²) in [6.07, 6.45) is -3.23. The van der Waals surface area contributed by atoms with E-state index in [1.807, 2.05) is 25.3 Å². The molecule has 0 unspecified atom stereocenters. The first-order chi connectivity index (χ1) is 16.6. The molecule has 0 spiro atoms. The molecule has 1 aliphatic rings. The van der Waals surface area contributed by atoms with E-state index in [1.165, 1.54) is 6.07 Å². The zero-order valence-electron chi connectivity index (χ0n) is 19.7. The van der Waals surface area contributed by atoms with Crippen molar-refractivity contribution < 1.29 is 27.8 Å². The molecule has 1 atom stereocenters. The molecular formula is C25H29F3N4O3. The number of alkyl halides is 3. The standard InChI is InChI=1S/C25H29F3N4O3/c1-15-11-22(35-2)19(17-5-7-30-23(15)17)13-32-10-9-31(8-6-25(26,27)28)14-21(32)16-3-4-18(24(33)34)20(29)12-16/h3-5,7,11-12,21,30H,6,8-10,13-14,29H2,1-2H3,(H,33,34)/t21-/m0/s1. The fourth-order valence-corrected chi connectivity index (χ4v) is 4.84. The number of fused-ring (bicyclic) bond motifs is 1. The van der Waals surface area contributed by atoms with Crippen LogP contribution in [0.25, 0.3) is 10.9 Å². The number of hydrogen-bond acceptors (Lipinski definition) is 5. The van der Waals surface area contributed by atoms with Crippen LogP contribution in [0.5, 0.6) is 5.75 Å². The predicted octanol–water partition coefficient (Wildman–Crippen LogP) is 4.58. The van der Waals surface area contributed by atoms with Gasteiger partial charge in [-0.05, 0) is 42.3 Å². The SMILES string of the molecule is COc1cc(C)c2[nH]ccc2c1CN1CCN(CCC(F)(F)F)C[C@H]1c1ccc(C(=O)O)c(N)c1. The van der Waals surface area contributed by atoms with Gasteiger partial charge in [0.05, 0.1) is 19.1 Å². The molecule has 0 radical (unpaired) electrons. The van der Waals surface area contributed by atoms with E-state index in [2.05, 4.69) is 9.88 Å². The molecule has 1 aliphatic heterocycles. The first kappa shape index (κ1) is 24.9. The number of aryl methyl sites for hydroxylation is 1. The second-order valence-electron chi connectivity index (χ2n) is 8.94. The lowest BCUT2D eigenvalue weighted by atomic mass is 9.97. The smallest absolute Gasteiger partial charge is 0.390 e. The summed E-state index contributed by atoms with van der Waals surface area (Å²) in [7, 11) is 1.62. The number of nitrogens with zero attached hydrogens (tertiary/aromatic N) is 2. The van der Waals surface area contributed by atoms with E-state index in [4.69, 9.17) is 10.5 Å². The van der Waals surface area contributed by atoms with Crippen LogP contribution in [0.1, 0.15) is 39.5 Å². The number of hydrogen-bond donors (Lipinski definition) is 3. The maximum absolute atomic E-state index is 12.9. The van der Waals surface area contributed by atoms with Gasteiger partial charge in [0, 0.05) is 67.1 Å². The zero-order valence-corrected chi connectivity index (χ0v) is 19.7. The van der Waals surface area contributed by atoms with Gasteiger partial charge in [-0.1, -0.05) is 6.07 Å². The number of anilines is 1. The Bertz CT molecular complexity index is 1220. The molecule has 7 nitrogen and oxygen atoms in total. The van der Waals surface area contributed by atoms with E-state index in [9.17, 15) is 23.1 Å². The van der Waals surface area contributed by atoms with Gasteiger partial charge in [0.15, 0.2) is 0 Å². The fourth-order valence-electron chi connectivity index (χ4n) is 4.84. The number of aromatic carboxylic acids is 1. The Morgan fingerprint density at radius 1 is 1.26 bits per heavy atom. The number of aromatic nitrogens is 1. The second kappa shape index (κ2) is 9.79. The van der Waals surface area contributed by atoms with Gasteiger partial charge in [-0.3, -0.25) is 9.80 Å². The topological polar surface area (TPSA) is 94.8 Å². The molecule has 3 aromatic rings. The Labute approximate surface area is 201 Å². The summed E-state index contributed by atoms with van der Waals surface area (Å²) in [5.41, 5.74) is 9.95. The predicted molar refractivity (Wildman–Crippen MR) is 128 cm³/mol. The first-order valence-electron chi connectivity index (χ1n) is 11.4. The maximum Gasteiger partial charge on any atom is 0.390 e. The van der Waals surface area contributed by atoms with Crippen LogP contribution in [-0.4, -0.2) is 65.3 Å². The quantitative estimate of drug-likeness (QED) is 0.420. The summed E-state index contributed by atoms with van der Waals surface area (Å²) >= 11 is 0. The summed E-state index contributed by atoms with van der Waals surface area (Å²) in [5.74, 6) is -0.380. The van der Waals surface area contributed by atoms with E-state index in [0.29, 0.717) is 26.2 Å². The molecule has 2 aromatic carbocycles. The largest absolute Gasteiger partial charge is 0.496 e. The highest BCUT2D eigenvalue weighted by molar-refractivity contribution is 5.93. The second-order valence-corrected chi connectivity index (χ2v) is 8.94. The molecule has 0 saturated carbocycles. The lowest BCUT2D eigenvalue weighted by Gasteiger charge is -2.42. The molecular weight excluding hydrogens is 461 g/mol. The molecule has 1 aromatic heterocycles. The van der Waals surface area contributed by atoms with Crippen molar-refractivity contribution >= 4 is 22.6 Å². The monoisotopic (exact) mass is 490 g/mol. The van der Waals surface area contributed by atoms with Gasteiger partial charge in [0.25, 0.3) is 0 Å². The molecule has 4 N–H and O–H groups in total. The van der Waals surface area contributed by atoms with Gasteiger partial charge in [0.1, 0.15) is 5.75 Å². The number of piperazine rings is 1. The average molecular weight is 491 g/mol. The molecule has 2 heterocycles. The highest BCUT2D eigenvalue weighted by atomic mass is 19.4. The number of benzene rings is 2. The Kier molecular flexibility index (Phi) is 6.95. The maximum atomic E-state index is 12.9. The van der Waals surface area contributed by atoms with Crippen molar-refractivity contribution in [3.05, 3.63) is 58.8 Å². The molecule has 0 aliphatic carbocycles. The highest BCUT2D eigenvalue weighted by Crippen LogP contribution is 2.36. The number of ether oxygens (including phenoxy) is 1. The number of carbonyl (C=O) groups is 1. The number of nitrogen functional groups attached to an aromatic ring is 1. The van der Waals surface area contributed by atoms with Gasteiger partial charge < -0.3 is 20.6 Å². The van der Waals surface area contributed by atoms with Gasteiger partial charge in [0.2, 0.25) is 0 Å². The third-order valence-electron chi connectivity index (χ3n) is 6.67. The summed E-state index contributed by atoms with van der Waals surface area (Å²) in [4.78, 5) is 18.7. The summed E-state index contributed by atoms with van der Waals surface area (Å²) in [5, 5.41) is 10.4. The summed E-state index contributed by atoms with van der Waals surface area (Å²) in [6, 6.07) is 8.46. The molecule has 1 saturated heterocycles. The van der Waals surface area contributed by atoms with Crippen LogP contribution in [0.3, 0.4) is 0 Å². The van der Waals surface area contributed by atoms with E-state index < -0.39 is 18.6 Å².